The van der Waals surface area contributed by atoms with Crippen molar-refractivity contribution >= 4 is 6.21 Å². The highest BCUT2D eigenvalue weighted by Crippen LogP contribution is 2.22. The fourth-order valence-electron chi connectivity index (χ4n) is 2.22. The van der Waals surface area contributed by atoms with Gasteiger partial charge in [-0.3, -0.25) is 9.99 Å². The van der Waals surface area contributed by atoms with E-state index < -0.39 is 0 Å². The zero-order valence-corrected chi connectivity index (χ0v) is 10.0. The van der Waals surface area contributed by atoms with Gasteiger partial charge in [0, 0.05) is 24.5 Å². The molecule has 1 fully saturated rings. The number of hydrazone groups is 1. The van der Waals surface area contributed by atoms with Gasteiger partial charge in [-0.1, -0.05) is 0 Å². The van der Waals surface area contributed by atoms with Crippen LogP contribution in [0.4, 0.5) is 0 Å². The first kappa shape index (κ1) is 11.1. The third-order valence-corrected chi connectivity index (χ3v) is 3.19. The predicted molar refractivity (Wildman–Crippen MR) is 66.4 cm³/mol. The van der Waals surface area contributed by atoms with E-state index in [4.69, 9.17) is 0 Å². The number of nitrogens with zero attached hydrogens (tertiary/aromatic N) is 3. The maximum Gasteiger partial charge on any atom is 0.0544 e. The summed E-state index contributed by atoms with van der Waals surface area (Å²) < 4.78 is 0. The highest BCUT2D eigenvalue weighted by atomic mass is 15.5. The molecular formula is C13H19N3. The Balaban J connectivity index is 2.05. The van der Waals surface area contributed by atoms with Crippen molar-refractivity contribution in [3.63, 3.8) is 0 Å². The van der Waals surface area contributed by atoms with E-state index in [1.165, 1.54) is 19.3 Å². The third-order valence-electron chi connectivity index (χ3n) is 3.19. The summed E-state index contributed by atoms with van der Waals surface area (Å²) in [4.78, 5) is 3.99. The molecule has 0 aliphatic carbocycles. The van der Waals surface area contributed by atoms with Crippen LogP contribution in [0.25, 0.3) is 0 Å². The fourth-order valence-corrected chi connectivity index (χ4v) is 2.22. The van der Waals surface area contributed by atoms with Crippen molar-refractivity contribution in [1.82, 2.24) is 9.99 Å². The highest BCUT2D eigenvalue weighted by Gasteiger charge is 2.22. The molecule has 0 bridgehead atoms. The Kier molecular flexibility index (Phi) is 3.54. The van der Waals surface area contributed by atoms with Crippen LogP contribution in [0.3, 0.4) is 0 Å². The summed E-state index contributed by atoms with van der Waals surface area (Å²) in [6.07, 6.45) is 9.34. The SMILES string of the molecule is C[C@H]1CCC[C@H](C)N1/N=C\c1ccncc1. The molecule has 0 radical (unpaired) electrons. The van der Waals surface area contributed by atoms with E-state index >= 15 is 0 Å². The lowest BCUT2D eigenvalue weighted by Gasteiger charge is -2.36. The Morgan fingerprint density at radius 3 is 2.50 bits per heavy atom. The molecule has 0 aromatic carbocycles. The minimum absolute atomic E-state index is 0.557. The molecule has 1 saturated heterocycles. The Labute approximate surface area is 97.2 Å². The molecule has 0 unspecified atom stereocenters. The number of hydrogen-bond donors (Lipinski definition) is 0. The molecule has 1 aliphatic rings. The second-order valence-corrected chi connectivity index (χ2v) is 4.53. The standard InChI is InChI=1S/C13H19N3/c1-11-4-3-5-12(2)16(11)15-10-13-6-8-14-9-7-13/h6-12H,3-5H2,1-2H3/b15-10-/t11-,12-/m0/s1. The Morgan fingerprint density at radius 1 is 1.25 bits per heavy atom. The van der Waals surface area contributed by atoms with Gasteiger partial charge in [-0.25, -0.2) is 0 Å². The summed E-state index contributed by atoms with van der Waals surface area (Å²) in [7, 11) is 0. The molecule has 16 heavy (non-hydrogen) atoms. The van der Waals surface area contributed by atoms with E-state index in [2.05, 4.69) is 28.9 Å². The summed E-state index contributed by atoms with van der Waals surface area (Å²) in [6.45, 7) is 4.50. The lowest BCUT2D eigenvalue weighted by atomic mass is 10.00. The molecule has 3 heteroatoms. The minimum Gasteiger partial charge on any atom is -0.292 e. The van der Waals surface area contributed by atoms with Gasteiger partial charge >= 0.3 is 0 Å². The van der Waals surface area contributed by atoms with Crippen molar-refractivity contribution in [2.24, 2.45) is 5.10 Å². The van der Waals surface area contributed by atoms with E-state index in [1.54, 1.807) is 12.4 Å². The van der Waals surface area contributed by atoms with Crippen LogP contribution in [0, 0.1) is 0 Å². The first-order valence-electron chi connectivity index (χ1n) is 5.99. The number of rotatable bonds is 2. The predicted octanol–water partition coefficient (Wildman–Crippen LogP) is 2.68. The van der Waals surface area contributed by atoms with Crippen LogP contribution in [0.1, 0.15) is 38.7 Å². The lowest BCUT2D eigenvalue weighted by molar-refractivity contribution is 0.109. The number of piperidine rings is 1. The van der Waals surface area contributed by atoms with Crippen LogP contribution < -0.4 is 0 Å². The van der Waals surface area contributed by atoms with Crippen LogP contribution >= 0.6 is 0 Å². The van der Waals surface area contributed by atoms with Gasteiger partial charge in [0.05, 0.1) is 6.21 Å². The van der Waals surface area contributed by atoms with Gasteiger partial charge in [0.15, 0.2) is 0 Å². The zero-order chi connectivity index (χ0) is 11.4. The van der Waals surface area contributed by atoms with Crippen molar-refractivity contribution in [3.8, 4) is 0 Å². The molecule has 2 heterocycles. The average molecular weight is 217 g/mol. The van der Waals surface area contributed by atoms with E-state index in [0.29, 0.717) is 12.1 Å². The van der Waals surface area contributed by atoms with Crippen LogP contribution in [0.15, 0.2) is 29.6 Å². The average Bonchev–Trinajstić information content (AvgIpc) is 2.30. The maximum absolute atomic E-state index is 4.60. The van der Waals surface area contributed by atoms with Crippen LogP contribution in [-0.2, 0) is 0 Å². The van der Waals surface area contributed by atoms with Crippen LogP contribution in [-0.4, -0.2) is 28.3 Å². The van der Waals surface area contributed by atoms with E-state index in [0.717, 1.165) is 5.56 Å². The van der Waals surface area contributed by atoms with E-state index in [9.17, 15) is 0 Å². The van der Waals surface area contributed by atoms with Gasteiger partial charge in [0.1, 0.15) is 0 Å². The molecule has 1 aromatic heterocycles. The summed E-state index contributed by atoms with van der Waals surface area (Å²) >= 11 is 0. The van der Waals surface area contributed by atoms with E-state index in [-0.39, 0.29) is 0 Å². The minimum atomic E-state index is 0.557. The molecule has 3 nitrogen and oxygen atoms in total. The van der Waals surface area contributed by atoms with Crippen molar-refractivity contribution in [2.45, 2.75) is 45.2 Å². The molecule has 2 rings (SSSR count). The Morgan fingerprint density at radius 2 is 1.88 bits per heavy atom. The summed E-state index contributed by atoms with van der Waals surface area (Å²) in [6, 6.07) is 5.06. The normalized spacial score (nSPS) is 26.2. The first-order chi connectivity index (χ1) is 7.77. The molecule has 0 spiro atoms. The molecule has 1 aromatic rings. The third kappa shape index (κ3) is 2.60. The molecule has 2 atom stereocenters. The Hall–Kier alpha value is -1.38. The smallest absolute Gasteiger partial charge is 0.0544 e. The largest absolute Gasteiger partial charge is 0.292 e. The van der Waals surface area contributed by atoms with Gasteiger partial charge in [-0.05, 0) is 50.8 Å². The van der Waals surface area contributed by atoms with Crippen molar-refractivity contribution in [1.29, 1.82) is 0 Å². The number of pyridine rings is 1. The van der Waals surface area contributed by atoms with E-state index in [1.807, 2.05) is 18.3 Å². The van der Waals surface area contributed by atoms with Crippen molar-refractivity contribution in [2.75, 3.05) is 0 Å². The highest BCUT2D eigenvalue weighted by molar-refractivity contribution is 5.78. The molecule has 0 amide bonds. The fraction of sp³-hybridized carbons (Fsp3) is 0.538. The molecule has 0 N–H and O–H groups in total. The van der Waals surface area contributed by atoms with Gasteiger partial charge < -0.3 is 0 Å². The Bertz CT molecular complexity index is 337. The van der Waals surface area contributed by atoms with Gasteiger partial charge in [0.2, 0.25) is 0 Å². The molecule has 86 valence electrons. The summed E-state index contributed by atoms with van der Waals surface area (Å²) in [5.74, 6) is 0. The second kappa shape index (κ2) is 5.10. The summed E-state index contributed by atoms with van der Waals surface area (Å²) in [5, 5.41) is 6.82. The summed E-state index contributed by atoms with van der Waals surface area (Å²) in [5.41, 5.74) is 1.11. The second-order valence-electron chi connectivity index (χ2n) is 4.53. The molecule has 1 aliphatic heterocycles. The number of aromatic nitrogens is 1. The zero-order valence-electron chi connectivity index (χ0n) is 10.0. The topological polar surface area (TPSA) is 28.5 Å². The van der Waals surface area contributed by atoms with Crippen LogP contribution in [0.5, 0.6) is 0 Å². The first-order valence-corrected chi connectivity index (χ1v) is 5.99. The van der Waals surface area contributed by atoms with Crippen molar-refractivity contribution in [3.05, 3.63) is 30.1 Å². The van der Waals surface area contributed by atoms with Crippen molar-refractivity contribution < 1.29 is 0 Å². The van der Waals surface area contributed by atoms with Gasteiger partial charge in [-0.15, -0.1) is 0 Å². The quantitative estimate of drug-likeness (QED) is 0.712. The van der Waals surface area contributed by atoms with Gasteiger partial charge in [-0.2, -0.15) is 5.10 Å². The molecular weight excluding hydrogens is 198 g/mol. The lowest BCUT2D eigenvalue weighted by Crippen LogP contribution is -2.39. The maximum atomic E-state index is 4.60. The molecule has 0 saturated carbocycles. The van der Waals surface area contributed by atoms with Gasteiger partial charge in [0.25, 0.3) is 0 Å². The monoisotopic (exact) mass is 217 g/mol. The van der Waals surface area contributed by atoms with Crippen LogP contribution in [0.2, 0.25) is 0 Å². The number of hydrogen-bond acceptors (Lipinski definition) is 3.